The summed E-state index contributed by atoms with van der Waals surface area (Å²) >= 11 is 0. The van der Waals surface area contributed by atoms with E-state index in [1.54, 1.807) is 6.07 Å². The maximum absolute atomic E-state index is 14.5. The van der Waals surface area contributed by atoms with E-state index in [2.05, 4.69) is 5.32 Å². The van der Waals surface area contributed by atoms with Crippen LogP contribution in [0.3, 0.4) is 0 Å². The van der Waals surface area contributed by atoms with Crippen LogP contribution in [0.1, 0.15) is 35.8 Å². The number of hydrogen-bond acceptors (Lipinski definition) is 4. The van der Waals surface area contributed by atoms with Crippen molar-refractivity contribution in [3.63, 3.8) is 0 Å². The molecule has 1 atom stereocenters. The zero-order valence-electron chi connectivity index (χ0n) is 13.1. The average Bonchev–Trinajstić information content (AvgIpc) is 3.36. The molecule has 3 aliphatic rings. The summed E-state index contributed by atoms with van der Waals surface area (Å²) in [6.45, 7) is -1.10. The highest BCUT2D eigenvalue weighted by Crippen LogP contribution is 2.49. The highest BCUT2D eigenvalue weighted by Gasteiger charge is 2.44. The third kappa shape index (κ3) is 2.42. The molecule has 0 bridgehead atoms. The van der Waals surface area contributed by atoms with Crippen molar-refractivity contribution < 1.29 is 28.2 Å². The second-order valence-electron chi connectivity index (χ2n) is 6.37. The summed E-state index contributed by atoms with van der Waals surface area (Å²) in [6.07, 6.45) is 1.61. The first-order valence-electron chi connectivity index (χ1n) is 8.00. The fraction of sp³-hybridized carbons (Fsp3) is 0.333. The van der Waals surface area contributed by atoms with Crippen LogP contribution < -0.4 is 5.32 Å². The van der Waals surface area contributed by atoms with Crippen molar-refractivity contribution in [2.75, 3.05) is 13.3 Å². The summed E-state index contributed by atoms with van der Waals surface area (Å²) < 4.78 is 32.9. The van der Waals surface area contributed by atoms with Crippen molar-refractivity contribution in [3.8, 4) is 0 Å². The van der Waals surface area contributed by atoms with Gasteiger partial charge in [-0.2, -0.15) is 0 Å². The van der Waals surface area contributed by atoms with Gasteiger partial charge in [-0.05, 0) is 36.0 Å². The molecule has 0 amide bonds. The molecule has 4 rings (SSSR count). The number of alkyl halides is 1. The molecular formula is C18H15F2NO4. The Labute approximate surface area is 142 Å². The van der Waals surface area contributed by atoms with Crippen molar-refractivity contribution in [3.05, 3.63) is 57.7 Å². The molecule has 1 fully saturated rings. The predicted molar refractivity (Wildman–Crippen MR) is 82.9 cm³/mol. The Balaban J connectivity index is 1.97. The van der Waals surface area contributed by atoms with Crippen LogP contribution in [0.5, 0.6) is 0 Å². The number of aliphatic carboxylic acids is 1. The Morgan fingerprint density at radius 1 is 1.36 bits per heavy atom. The van der Waals surface area contributed by atoms with Gasteiger partial charge in [-0.3, -0.25) is 0 Å². The van der Waals surface area contributed by atoms with Crippen LogP contribution in [0.2, 0.25) is 0 Å². The van der Waals surface area contributed by atoms with Gasteiger partial charge in [0.15, 0.2) is 0 Å². The first-order valence-corrected chi connectivity index (χ1v) is 8.00. The van der Waals surface area contributed by atoms with Crippen molar-refractivity contribution in [1.29, 1.82) is 0 Å². The Hall–Kier alpha value is -2.70. The van der Waals surface area contributed by atoms with E-state index in [1.807, 2.05) is 0 Å². The number of carboxylic acid groups (broad SMARTS) is 1. The van der Waals surface area contributed by atoms with Crippen LogP contribution in [-0.2, 0) is 14.3 Å². The van der Waals surface area contributed by atoms with Crippen molar-refractivity contribution in [2.45, 2.75) is 24.7 Å². The summed E-state index contributed by atoms with van der Waals surface area (Å²) in [5.74, 6) is -3.48. The SMILES string of the molecule is O=C(O)C1=C(CF)NC2=C(C(=O)OC2)C1c1cccc(F)c1C1CC1. The van der Waals surface area contributed by atoms with Crippen molar-refractivity contribution in [1.82, 2.24) is 5.32 Å². The van der Waals surface area contributed by atoms with E-state index >= 15 is 0 Å². The molecule has 7 heteroatoms. The van der Waals surface area contributed by atoms with Gasteiger partial charge in [-0.1, -0.05) is 12.1 Å². The molecule has 0 radical (unpaired) electrons. The van der Waals surface area contributed by atoms with Crippen LogP contribution in [0, 0.1) is 5.82 Å². The second kappa shape index (κ2) is 5.68. The van der Waals surface area contributed by atoms with Crippen LogP contribution in [0.4, 0.5) is 8.78 Å². The van der Waals surface area contributed by atoms with Crippen LogP contribution in [-0.4, -0.2) is 30.3 Å². The van der Waals surface area contributed by atoms with Gasteiger partial charge >= 0.3 is 11.9 Å². The number of dihydropyridines is 1. The third-order valence-corrected chi connectivity index (χ3v) is 4.84. The summed E-state index contributed by atoms with van der Waals surface area (Å²) in [5.41, 5.74) is 0.894. The summed E-state index contributed by atoms with van der Waals surface area (Å²) in [7, 11) is 0. The number of carboxylic acids is 1. The van der Waals surface area contributed by atoms with Gasteiger partial charge in [0.05, 0.1) is 28.5 Å². The first-order chi connectivity index (χ1) is 12.0. The highest BCUT2D eigenvalue weighted by atomic mass is 19.1. The second-order valence-corrected chi connectivity index (χ2v) is 6.37. The summed E-state index contributed by atoms with van der Waals surface area (Å²) in [5, 5.41) is 12.3. The zero-order valence-corrected chi connectivity index (χ0v) is 13.1. The minimum absolute atomic E-state index is 0.00330. The lowest BCUT2D eigenvalue weighted by Crippen LogP contribution is -2.31. The van der Waals surface area contributed by atoms with E-state index in [9.17, 15) is 23.5 Å². The van der Waals surface area contributed by atoms with Gasteiger partial charge in [-0.25, -0.2) is 18.4 Å². The van der Waals surface area contributed by atoms with Gasteiger partial charge in [0.1, 0.15) is 19.1 Å². The Bertz CT molecular complexity index is 855. The summed E-state index contributed by atoms with van der Waals surface area (Å²) in [6, 6.07) is 4.41. The van der Waals surface area contributed by atoms with E-state index in [1.165, 1.54) is 12.1 Å². The minimum Gasteiger partial charge on any atom is -0.478 e. The fourth-order valence-corrected chi connectivity index (χ4v) is 3.66. The van der Waals surface area contributed by atoms with E-state index < -0.39 is 30.3 Å². The van der Waals surface area contributed by atoms with Crippen molar-refractivity contribution >= 4 is 11.9 Å². The molecule has 1 unspecified atom stereocenters. The van der Waals surface area contributed by atoms with Gasteiger partial charge in [0.25, 0.3) is 0 Å². The maximum atomic E-state index is 14.5. The summed E-state index contributed by atoms with van der Waals surface area (Å²) in [4.78, 5) is 24.1. The normalized spacial score (nSPS) is 22.6. The third-order valence-electron chi connectivity index (χ3n) is 4.84. The van der Waals surface area contributed by atoms with E-state index in [4.69, 9.17) is 4.74 Å². The molecule has 2 heterocycles. The minimum atomic E-state index is -1.34. The number of carbonyl (C=O) groups excluding carboxylic acids is 1. The first kappa shape index (κ1) is 15.8. The van der Waals surface area contributed by atoms with E-state index in [0.717, 1.165) is 12.8 Å². The molecule has 1 aromatic rings. The standard InChI is InChI=1S/C18H15F2NO4/c19-6-11-15(17(22)23)14(16-12(21-11)7-25-18(16)24)9-2-1-3-10(20)13(9)8-4-5-8/h1-3,8,14,21H,4-7H2,(H,22,23). The molecule has 1 aliphatic carbocycles. The van der Waals surface area contributed by atoms with E-state index in [-0.39, 0.29) is 29.4 Å². The van der Waals surface area contributed by atoms with Gasteiger partial charge in [0.2, 0.25) is 0 Å². The average molecular weight is 347 g/mol. The zero-order chi connectivity index (χ0) is 17.7. The van der Waals surface area contributed by atoms with Crippen LogP contribution in [0.15, 0.2) is 40.7 Å². The largest absolute Gasteiger partial charge is 0.478 e. The predicted octanol–water partition coefficient (Wildman–Crippen LogP) is 2.51. The highest BCUT2D eigenvalue weighted by molar-refractivity contribution is 6.00. The van der Waals surface area contributed by atoms with Gasteiger partial charge in [0, 0.05) is 0 Å². The number of rotatable bonds is 4. The number of benzene rings is 1. The smallest absolute Gasteiger partial charge is 0.337 e. The van der Waals surface area contributed by atoms with E-state index in [0.29, 0.717) is 16.8 Å². The number of hydrogen-bond donors (Lipinski definition) is 2. The van der Waals surface area contributed by atoms with Gasteiger partial charge in [-0.15, -0.1) is 0 Å². The Morgan fingerprint density at radius 2 is 2.12 bits per heavy atom. The number of nitrogens with one attached hydrogen (secondary N) is 1. The molecule has 25 heavy (non-hydrogen) atoms. The number of carbonyl (C=O) groups is 2. The number of ether oxygens (including phenoxy) is 1. The molecule has 130 valence electrons. The van der Waals surface area contributed by atoms with Crippen LogP contribution >= 0.6 is 0 Å². The number of esters is 1. The monoisotopic (exact) mass is 347 g/mol. The number of halogens is 2. The molecule has 2 N–H and O–H groups in total. The fourth-order valence-electron chi connectivity index (χ4n) is 3.66. The number of cyclic esters (lactones) is 1. The molecule has 0 spiro atoms. The lowest BCUT2D eigenvalue weighted by atomic mass is 9.78. The van der Waals surface area contributed by atoms with Crippen molar-refractivity contribution in [2.24, 2.45) is 0 Å². The molecule has 0 aromatic heterocycles. The lowest BCUT2D eigenvalue weighted by Gasteiger charge is -2.28. The molecule has 1 aromatic carbocycles. The number of allylic oxidation sites excluding steroid dienone is 1. The Kier molecular flexibility index (Phi) is 3.59. The Morgan fingerprint density at radius 3 is 2.76 bits per heavy atom. The molecule has 0 saturated heterocycles. The van der Waals surface area contributed by atoms with Crippen LogP contribution in [0.25, 0.3) is 0 Å². The lowest BCUT2D eigenvalue weighted by molar-refractivity contribution is -0.136. The molecule has 2 aliphatic heterocycles. The quantitative estimate of drug-likeness (QED) is 0.819. The molecular weight excluding hydrogens is 332 g/mol. The molecule has 1 saturated carbocycles. The maximum Gasteiger partial charge on any atom is 0.337 e. The van der Waals surface area contributed by atoms with Gasteiger partial charge < -0.3 is 15.2 Å². The molecule has 5 nitrogen and oxygen atoms in total. The topological polar surface area (TPSA) is 75.6 Å².